The molecule has 0 rings (SSSR count). The van der Waals surface area contributed by atoms with Crippen molar-refractivity contribution in [1.29, 1.82) is 0 Å². The third-order valence-electron chi connectivity index (χ3n) is 0.489. The minimum absolute atomic E-state index is 0.836. The lowest BCUT2D eigenvalue weighted by molar-refractivity contribution is 0.0546. The van der Waals surface area contributed by atoms with Crippen LogP contribution in [-0.4, -0.2) is 13.5 Å². The fourth-order valence-electron chi connectivity index (χ4n) is 0.217. The molecule has 0 heterocycles. The van der Waals surface area contributed by atoms with E-state index in [1.165, 1.54) is 0 Å². The first-order chi connectivity index (χ1) is 3.98. The van der Waals surface area contributed by atoms with Crippen LogP contribution < -0.4 is 0 Å². The molecule has 3 nitrogen and oxygen atoms in total. The Bertz CT molecular complexity index is 126. The Hall–Kier alpha value is 0.01000. The second kappa shape index (κ2) is 3.25. The van der Waals surface area contributed by atoms with Gasteiger partial charge in [0, 0.05) is 7.11 Å². The third-order valence-corrected chi connectivity index (χ3v) is 1.47. The van der Waals surface area contributed by atoms with E-state index in [9.17, 15) is 13.2 Å². The second-order valence-corrected chi connectivity index (χ2v) is 2.70. The van der Waals surface area contributed by atoms with Crippen LogP contribution in [0.25, 0.3) is 0 Å². The fourth-order valence-corrected chi connectivity index (χ4v) is 0.650. The lowest BCUT2D eigenvalue weighted by Gasteiger charge is -2.05. The lowest BCUT2D eigenvalue weighted by atomic mass is 10.8. The van der Waals surface area contributed by atoms with Crippen molar-refractivity contribution in [2.75, 3.05) is 7.11 Å². The highest BCUT2D eigenvalue weighted by molar-refractivity contribution is 7.48. The van der Waals surface area contributed by atoms with Crippen molar-refractivity contribution in [2.45, 2.75) is 13.3 Å². The van der Waals surface area contributed by atoms with Crippen molar-refractivity contribution in [3.8, 4) is 0 Å². The number of alkyl halides is 1. The lowest BCUT2D eigenvalue weighted by Crippen LogP contribution is -1.96. The maximum atomic E-state index is 11.9. The third kappa shape index (κ3) is 4.51. The molecule has 0 aromatic carbocycles. The van der Waals surface area contributed by atoms with Crippen molar-refractivity contribution in [3.05, 3.63) is 0 Å². The Balaban J connectivity index is 3.73. The molecule has 0 saturated carbocycles. The SMILES string of the molecule is COP(=O)(F)OC(C)F. The molecule has 0 spiro atoms. The number of hydrogen-bond donors (Lipinski definition) is 0. The molecule has 0 aromatic heterocycles. The maximum Gasteiger partial charge on any atom is 0.515 e. The van der Waals surface area contributed by atoms with Crippen LogP contribution in [0.2, 0.25) is 0 Å². The zero-order valence-corrected chi connectivity index (χ0v) is 5.90. The topological polar surface area (TPSA) is 35.5 Å². The van der Waals surface area contributed by atoms with Gasteiger partial charge in [0.05, 0.1) is 0 Å². The normalized spacial score (nSPS) is 20.9. The largest absolute Gasteiger partial charge is 0.515 e. The quantitative estimate of drug-likeness (QED) is 0.592. The summed E-state index contributed by atoms with van der Waals surface area (Å²) in [5, 5.41) is 0. The van der Waals surface area contributed by atoms with Gasteiger partial charge in [0.2, 0.25) is 6.36 Å². The molecule has 0 aliphatic rings. The van der Waals surface area contributed by atoms with Gasteiger partial charge in [0.1, 0.15) is 0 Å². The van der Waals surface area contributed by atoms with E-state index in [2.05, 4.69) is 9.05 Å². The predicted octanol–water partition coefficient (Wildman–Crippen LogP) is 2.04. The molecule has 9 heavy (non-hydrogen) atoms. The minimum atomic E-state index is -4.60. The van der Waals surface area contributed by atoms with E-state index >= 15 is 0 Å². The summed E-state index contributed by atoms with van der Waals surface area (Å²) in [4.78, 5) is 0. The van der Waals surface area contributed by atoms with E-state index in [0.717, 1.165) is 14.0 Å². The minimum Gasteiger partial charge on any atom is -0.287 e. The van der Waals surface area contributed by atoms with Crippen LogP contribution in [0, 0.1) is 0 Å². The van der Waals surface area contributed by atoms with Crippen LogP contribution in [0.5, 0.6) is 0 Å². The van der Waals surface area contributed by atoms with E-state index < -0.39 is 14.3 Å². The number of hydrogen-bond acceptors (Lipinski definition) is 3. The van der Waals surface area contributed by atoms with Crippen LogP contribution >= 0.6 is 7.91 Å². The van der Waals surface area contributed by atoms with E-state index in [1.54, 1.807) is 0 Å². The number of halogens is 2. The van der Waals surface area contributed by atoms with Crippen LogP contribution in [0.15, 0.2) is 0 Å². The van der Waals surface area contributed by atoms with E-state index in [4.69, 9.17) is 0 Å². The summed E-state index contributed by atoms with van der Waals surface area (Å²) in [6.07, 6.45) is -1.92. The highest BCUT2D eigenvalue weighted by Gasteiger charge is 2.24. The van der Waals surface area contributed by atoms with Gasteiger partial charge in [-0.05, 0) is 6.92 Å². The Morgan fingerprint density at radius 3 is 2.22 bits per heavy atom. The Morgan fingerprint density at radius 2 is 2.11 bits per heavy atom. The zero-order chi connectivity index (χ0) is 7.49. The summed E-state index contributed by atoms with van der Waals surface area (Å²) in [6, 6.07) is 0. The monoisotopic (exact) mass is 160 g/mol. The first-order valence-electron chi connectivity index (χ1n) is 2.16. The van der Waals surface area contributed by atoms with E-state index in [-0.39, 0.29) is 0 Å². The molecule has 0 saturated heterocycles. The summed E-state index contributed by atoms with van der Waals surface area (Å²) in [6.45, 7) is 0.908. The Labute approximate surface area is 51.6 Å². The molecule has 0 fully saturated rings. The molecule has 0 aromatic rings. The molecule has 0 aliphatic heterocycles. The van der Waals surface area contributed by atoms with Crippen molar-refractivity contribution in [2.24, 2.45) is 0 Å². The summed E-state index contributed by atoms with van der Waals surface area (Å²) < 4.78 is 40.9. The molecule has 0 radical (unpaired) electrons. The van der Waals surface area contributed by atoms with Crippen LogP contribution in [0.4, 0.5) is 8.59 Å². The van der Waals surface area contributed by atoms with Gasteiger partial charge in [-0.15, -0.1) is 4.20 Å². The zero-order valence-electron chi connectivity index (χ0n) is 5.01. The standard InChI is InChI=1S/C3H7F2O3P/c1-3(4)8-9(5,6)7-2/h3H,1-2H3. The van der Waals surface area contributed by atoms with Crippen molar-refractivity contribution >= 4 is 7.91 Å². The van der Waals surface area contributed by atoms with Gasteiger partial charge < -0.3 is 0 Å². The molecule has 56 valence electrons. The number of rotatable bonds is 3. The van der Waals surface area contributed by atoms with Gasteiger partial charge >= 0.3 is 7.91 Å². The molecule has 0 bridgehead atoms. The molecule has 2 unspecified atom stereocenters. The fraction of sp³-hybridized carbons (Fsp3) is 1.00. The molecule has 0 amide bonds. The van der Waals surface area contributed by atoms with Crippen LogP contribution in [-0.2, 0) is 13.6 Å². The Kier molecular flexibility index (Phi) is 3.25. The molecule has 0 N–H and O–H groups in total. The highest BCUT2D eigenvalue weighted by atomic mass is 31.2. The van der Waals surface area contributed by atoms with Gasteiger partial charge in [0.25, 0.3) is 0 Å². The van der Waals surface area contributed by atoms with Gasteiger partial charge in [-0.3, -0.25) is 4.52 Å². The summed E-state index contributed by atoms with van der Waals surface area (Å²) in [5.74, 6) is 0. The molecule has 6 heteroatoms. The van der Waals surface area contributed by atoms with E-state index in [1.807, 2.05) is 0 Å². The Morgan fingerprint density at radius 1 is 1.67 bits per heavy atom. The van der Waals surface area contributed by atoms with Gasteiger partial charge in [0.15, 0.2) is 0 Å². The first-order valence-corrected chi connectivity index (χ1v) is 3.59. The van der Waals surface area contributed by atoms with Crippen molar-refractivity contribution in [3.63, 3.8) is 0 Å². The second-order valence-electron chi connectivity index (χ2n) is 1.26. The summed E-state index contributed by atoms with van der Waals surface area (Å²) >= 11 is 0. The molecule has 0 aliphatic carbocycles. The maximum absolute atomic E-state index is 11.9. The van der Waals surface area contributed by atoms with Gasteiger partial charge in [-0.25, -0.2) is 13.5 Å². The van der Waals surface area contributed by atoms with Crippen molar-refractivity contribution in [1.82, 2.24) is 0 Å². The van der Waals surface area contributed by atoms with Crippen LogP contribution in [0.1, 0.15) is 6.92 Å². The molecular weight excluding hydrogens is 153 g/mol. The highest BCUT2D eigenvalue weighted by Crippen LogP contribution is 2.49. The van der Waals surface area contributed by atoms with E-state index in [0.29, 0.717) is 0 Å². The predicted molar refractivity (Wildman–Crippen MR) is 27.4 cm³/mol. The summed E-state index contributed by atoms with van der Waals surface area (Å²) in [5.41, 5.74) is 0. The van der Waals surface area contributed by atoms with Crippen LogP contribution in [0.3, 0.4) is 0 Å². The molecule has 2 atom stereocenters. The van der Waals surface area contributed by atoms with Gasteiger partial charge in [-0.1, -0.05) is 0 Å². The average Bonchev–Trinajstić information content (AvgIpc) is 1.63. The van der Waals surface area contributed by atoms with Gasteiger partial charge in [-0.2, -0.15) is 0 Å². The smallest absolute Gasteiger partial charge is 0.287 e. The van der Waals surface area contributed by atoms with Crippen molar-refractivity contribution < 1.29 is 22.2 Å². The average molecular weight is 160 g/mol. The first kappa shape index (κ1) is 9.01. The summed E-state index contributed by atoms with van der Waals surface area (Å²) in [7, 11) is -3.77. The molecular formula is C3H7F2O3P.